The number of aliphatic hydroxyl groups is 1. The van der Waals surface area contributed by atoms with Crippen LogP contribution in [0.3, 0.4) is 0 Å². The number of hydrogen-bond acceptors (Lipinski definition) is 5. The first-order chi connectivity index (χ1) is 15.4. The lowest BCUT2D eigenvalue weighted by Gasteiger charge is -2.24. The largest absolute Gasteiger partial charge is 0.507 e. The molecule has 0 bridgehead atoms. The maximum atomic E-state index is 13.0. The number of hydrogen-bond donors (Lipinski definition) is 1. The molecule has 2 heterocycles. The number of furan rings is 1. The number of likely N-dealkylation sites (tertiary alicyclic amines) is 1. The van der Waals surface area contributed by atoms with Gasteiger partial charge in [-0.1, -0.05) is 35.3 Å². The Morgan fingerprint density at radius 2 is 1.84 bits per heavy atom. The number of nitrogens with zero attached hydrogens (tertiary/aromatic N) is 1. The van der Waals surface area contributed by atoms with E-state index in [2.05, 4.69) is 0 Å². The lowest BCUT2D eigenvalue weighted by molar-refractivity contribution is -0.140. The van der Waals surface area contributed by atoms with E-state index in [1.165, 1.54) is 23.3 Å². The van der Waals surface area contributed by atoms with Gasteiger partial charge >= 0.3 is 0 Å². The maximum Gasteiger partial charge on any atom is 0.296 e. The summed E-state index contributed by atoms with van der Waals surface area (Å²) in [6.45, 7) is 2.45. The average Bonchev–Trinajstić information content (AvgIpc) is 3.38. The molecule has 8 heteroatoms. The summed E-state index contributed by atoms with van der Waals surface area (Å²) in [6, 6.07) is 14.1. The van der Waals surface area contributed by atoms with Crippen LogP contribution in [0.2, 0.25) is 10.0 Å². The second-order valence-corrected chi connectivity index (χ2v) is 7.95. The molecule has 2 aromatic carbocycles. The van der Waals surface area contributed by atoms with Crippen molar-refractivity contribution in [3.8, 4) is 5.75 Å². The molecule has 1 aliphatic heterocycles. The lowest BCUT2D eigenvalue weighted by atomic mass is 9.95. The monoisotopic (exact) mass is 471 g/mol. The number of ether oxygens (including phenoxy) is 1. The Morgan fingerprint density at radius 1 is 1.09 bits per heavy atom. The van der Waals surface area contributed by atoms with Crippen LogP contribution >= 0.6 is 23.2 Å². The zero-order valence-electron chi connectivity index (χ0n) is 17.0. The standard InChI is InChI=1S/C24H19Cl2NO5/c1-2-31-16-8-5-14(6-9-16)21-20(22(28)15-7-10-18(25)19(26)12-15)23(29)24(30)27(21)13-17-4-3-11-32-17/h3-12,21,28H,2,13H2,1H3/b22-20-. The SMILES string of the molecule is CCOc1ccc(C2/C(=C(/O)c3ccc(Cl)c(Cl)c3)C(=O)C(=O)N2Cc2ccco2)cc1. The highest BCUT2D eigenvalue weighted by Gasteiger charge is 2.46. The molecule has 4 rings (SSSR count). The maximum absolute atomic E-state index is 13.0. The van der Waals surface area contributed by atoms with Gasteiger partial charge in [-0.05, 0) is 55.0 Å². The van der Waals surface area contributed by atoms with Gasteiger partial charge in [0.15, 0.2) is 0 Å². The molecule has 32 heavy (non-hydrogen) atoms. The molecule has 0 radical (unpaired) electrons. The first-order valence-electron chi connectivity index (χ1n) is 9.89. The lowest BCUT2D eigenvalue weighted by Crippen LogP contribution is -2.29. The average molecular weight is 472 g/mol. The number of ketones is 1. The molecule has 164 valence electrons. The summed E-state index contributed by atoms with van der Waals surface area (Å²) < 4.78 is 10.9. The zero-order chi connectivity index (χ0) is 22.8. The second kappa shape index (κ2) is 9.10. The molecule has 1 amide bonds. The highest BCUT2D eigenvalue weighted by atomic mass is 35.5. The topological polar surface area (TPSA) is 80.0 Å². The van der Waals surface area contributed by atoms with Crippen LogP contribution in [0.1, 0.15) is 29.9 Å². The van der Waals surface area contributed by atoms with Gasteiger partial charge in [-0.15, -0.1) is 0 Å². The number of rotatable bonds is 6. The summed E-state index contributed by atoms with van der Waals surface area (Å²) in [6.07, 6.45) is 1.49. The van der Waals surface area contributed by atoms with E-state index in [9.17, 15) is 14.7 Å². The number of amides is 1. The zero-order valence-corrected chi connectivity index (χ0v) is 18.6. The van der Waals surface area contributed by atoms with Crippen molar-refractivity contribution < 1.29 is 23.8 Å². The Kier molecular flexibility index (Phi) is 6.26. The fourth-order valence-corrected chi connectivity index (χ4v) is 3.97. The molecule has 3 aromatic rings. The molecule has 1 saturated heterocycles. The third kappa shape index (κ3) is 4.11. The van der Waals surface area contributed by atoms with Crippen molar-refractivity contribution in [1.29, 1.82) is 0 Å². The van der Waals surface area contributed by atoms with Crippen LogP contribution < -0.4 is 4.74 Å². The Balaban J connectivity index is 1.84. The van der Waals surface area contributed by atoms with Gasteiger partial charge in [0.05, 0.1) is 41.1 Å². The van der Waals surface area contributed by atoms with Crippen LogP contribution in [0, 0.1) is 0 Å². The van der Waals surface area contributed by atoms with Crippen molar-refractivity contribution in [2.45, 2.75) is 19.5 Å². The number of halogens is 2. The number of carbonyl (C=O) groups excluding carboxylic acids is 2. The molecule has 0 aliphatic carbocycles. The molecule has 1 atom stereocenters. The van der Waals surface area contributed by atoms with E-state index in [4.69, 9.17) is 32.4 Å². The van der Waals surface area contributed by atoms with E-state index in [0.717, 1.165) is 0 Å². The van der Waals surface area contributed by atoms with Crippen molar-refractivity contribution in [3.63, 3.8) is 0 Å². The van der Waals surface area contributed by atoms with Gasteiger partial charge in [-0.3, -0.25) is 9.59 Å². The number of carbonyl (C=O) groups is 2. The van der Waals surface area contributed by atoms with Crippen molar-refractivity contribution in [2.24, 2.45) is 0 Å². The minimum absolute atomic E-state index is 0.0379. The van der Waals surface area contributed by atoms with Crippen molar-refractivity contribution in [1.82, 2.24) is 4.90 Å². The summed E-state index contributed by atoms with van der Waals surface area (Å²) in [5.74, 6) is -0.690. The Hall–Kier alpha value is -3.22. The van der Waals surface area contributed by atoms with Crippen LogP contribution in [-0.4, -0.2) is 28.3 Å². The number of benzene rings is 2. The van der Waals surface area contributed by atoms with Gasteiger partial charge < -0.3 is 19.2 Å². The van der Waals surface area contributed by atoms with Crippen molar-refractivity contribution >= 4 is 40.7 Å². The molecular formula is C24H19Cl2NO5. The molecule has 6 nitrogen and oxygen atoms in total. The first-order valence-corrected chi connectivity index (χ1v) is 10.6. The third-order valence-corrected chi connectivity index (χ3v) is 5.89. The van der Waals surface area contributed by atoms with E-state index < -0.39 is 17.7 Å². The van der Waals surface area contributed by atoms with Crippen molar-refractivity contribution in [3.05, 3.63) is 93.4 Å². The third-order valence-electron chi connectivity index (χ3n) is 5.15. The molecule has 0 saturated carbocycles. The summed E-state index contributed by atoms with van der Waals surface area (Å²) in [4.78, 5) is 27.4. The van der Waals surface area contributed by atoms with Gasteiger partial charge in [-0.25, -0.2) is 0 Å². The van der Waals surface area contributed by atoms with E-state index in [0.29, 0.717) is 28.7 Å². The van der Waals surface area contributed by atoms with Gasteiger partial charge in [0, 0.05) is 5.56 Å². The fraction of sp³-hybridized carbons (Fsp3) is 0.167. The van der Waals surface area contributed by atoms with Crippen LogP contribution in [-0.2, 0) is 16.1 Å². The summed E-state index contributed by atoms with van der Waals surface area (Å²) in [5.41, 5.74) is 0.885. The predicted molar refractivity (Wildman–Crippen MR) is 121 cm³/mol. The van der Waals surface area contributed by atoms with Crippen molar-refractivity contribution in [2.75, 3.05) is 6.61 Å². The highest BCUT2D eigenvalue weighted by molar-refractivity contribution is 6.46. The number of aliphatic hydroxyl groups excluding tert-OH is 1. The minimum Gasteiger partial charge on any atom is -0.507 e. The van der Waals surface area contributed by atoms with E-state index in [1.807, 2.05) is 6.92 Å². The molecule has 1 aromatic heterocycles. The molecular weight excluding hydrogens is 453 g/mol. The summed E-state index contributed by atoms with van der Waals surface area (Å²) in [7, 11) is 0. The van der Waals surface area contributed by atoms with Crippen LogP contribution in [0.15, 0.2) is 70.9 Å². The van der Waals surface area contributed by atoms with E-state index >= 15 is 0 Å². The molecule has 1 unspecified atom stereocenters. The summed E-state index contributed by atoms with van der Waals surface area (Å²) in [5, 5.41) is 11.6. The summed E-state index contributed by atoms with van der Waals surface area (Å²) >= 11 is 12.1. The minimum atomic E-state index is -0.828. The Bertz CT molecular complexity index is 1190. The second-order valence-electron chi connectivity index (χ2n) is 7.14. The van der Waals surface area contributed by atoms with Gasteiger partial charge in [0.2, 0.25) is 0 Å². The van der Waals surface area contributed by atoms with Crippen LogP contribution in [0.4, 0.5) is 0 Å². The van der Waals surface area contributed by atoms with Crippen LogP contribution in [0.25, 0.3) is 5.76 Å². The van der Waals surface area contributed by atoms with Gasteiger partial charge in [0.1, 0.15) is 17.3 Å². The van der Waals surface area contributed by atoms with Gasteiger partial charge in [0.25, 0.3) is 11.7 Å². The molecule has 1 fully saturated rings. The molecule has 1 aliphatic rings. The van der Waals surface area contributed by atoms with Crippen LogP contribution in [0.5, 0.6) is 5.75 Å². The normalized spacial score (nSPS) is 17.7. The Morgan fingerprint density at radius 3 is 2.47 bits per heavy atom. The smallest absolute Gasteiger partial charge is 0.296 e. The van der Waals surface area contributed by atoms with Gasteiger partial charge in [-0.2, -0.15) is 0 Å². The predicted octanol–water partition coefficient (Wildman–Crippen LogP) is 5.61. The molecule has 1 N–H and O–H groups in total. The number of Topliss-reactive ketones (excluding diaryl/α,β-unsaturated/α-hetero) is 1. The quantitative estimate of drug-likeness (QED) is 0.287. The fourth-order valence-electron chi connectivity index (χ4n) is 3.67. The van der Waals surface area contributed by atoms with E-state index in [1.54, 1.807) is 42.5 Å². The molecule has 0 spiro atoms. The van der Waals surface area contributed by atoms with E-state index in [-0.39, 0.29) is 28.5 Å². The Labute approximate surface area is 194 Å². The first kappa shape index (κ1) is 22.0. The highest BCUT2D eigenvalue weighted by Crippen LogP contribution is 2.41.